The van der Waals surface area contributed by atoms with E-state index < -0.39 is 37.5 Å². The van der Waals surface area contributed by atoms with Crippen molar-refractivity contribution >= 4 is 0 Å². The molecule has 0 unspecified atom stereocenters. The molecule has 0 heterocycles. The van der Waals surface area contributed by atoms with Gasteiger partial charge in [-0.25, -0.2) is 0 Å². The molecular formula is C40H84FN2Nd. The van der Waals surface area contributed by atoms with Gasteiger partial charge < -0.3 is 4.70 Å². The van der Waals surface area contributed by atoms with Gasteiger partial charge in [0.15, 0.2) is 0 Å². The van der Waals surface area contributed by atoms with E-state index in [4.69, 9.17) is 0 Å². The van der Waals surface area contributed by atoms with Crippen LogP contribution < -0.4 is 4.70 Å². The summed E-state index contributed by atoms with van der Waals surface area (Å²) in [6.07, 6.45) is 46.5. The molecule has 0 aliphatic heterocycles. The predicted molar refractivity (Wildman–Crippen MR) is 194 cm³/mol. The summed E-state index contributed by atoms with van der Waals surface area (Å²) in [6.45, 7) is 15.0. The molecule has 2 nitrogen and oxygen atoms in total. The van der Waals surface area contributed by atoms with E-state index in [1.807, 2.05) is 0 Å². The van der Waals surface area contributed by atoms with Crippen LogP contribution in [0.25, 0.3) is 0 Å². The van der Waals surface area contributed by atoms with Gasteiger partial charge in [0, 0.05) is 0 Å². The number of unbranched alkanes of at least 4 members (excludes halogenated alkanes) is 28. The quantitative estimate of drug-likeness (QED) is 0.0579. The second-order valence-electron chi connectivity index (χ2n) is 14.0. The molecule has 0 radical (unpaired) electrons. The standard InChI is InChI=1S/2C20H42N.FH.Nd/c2*1-3-5-7-9-11-13-15-17-19-21-20-18-16-14-12-10-8-6-4-2;;/h2*3-20H2,1-2H3;1H;/q2*-1;;+3/p-1. The third kappa shape index (κ3) is 37.7. The molecule has 0 aliphatic rings. The maximum absolute atomic E-state index is 3.07. The van der Waals surface area contributed by atoms with Crippen molar-refractivity contribution in [1.29, 1.82) is 0 Å². The summed E-state index contributed by atoms with van der Waals surface area (Å²) in [5.41, 5.74) is 0. The van der Waals surface area contributed by atoms with Crippen molar-refractivity contribution < 1.29 is 42.2 Å². The molecular weight excluding hydrogens is 672 g/mol. The monoisotopic (exact) mass is 754 g/mol. The van der Waals surface area contributed by atoms with Crippen LogP contribution in [-0.4, -0.2) is 28.1 Å². The topological polar surface area (TPSA) is 6.48 Å². The molecule has 0 rings (SSSR count). The Kier molecular flexibility index (Phi) is 45.4. The fourth-order valence-corrected chi connectivity index (χ4v) is 11.0. The zero-order valence-electron chi connectivity index (χ0n) is 31.2. The summed E-state index contributed by atoms with van der Waals surface area (Å²) in [5.74, 6) is 0. The molecule has 0 atom stereocenters. The fourth-order valence-electron chi connectivity index (χ4n) is 6.37. The third-order valence-corrected chi connectivity index (χ3v) is 14.1. The van der Waals surface area contributed by atoms with Gasteiger partial charge in [-0.3, -0.25) is 0 Å². The Balaban J connectivity index is 0. The Morgan fingerprint density at radius 2 is 0.409 bits per heavy atom. The van der Waals surface area contributed by atoms with Crippen molar-refractivity contribution in [2.75, 3.05) is 26.2 Å². The first-order valence-electron chi connectivity index (χ1n) is 20.5. The van der Waals surface area contributed by atoms with Crippen molar-refractivity contribution in [2.24, 2.45) is 0 Å². The van der Waals surface area contributed by atoms with Crippen LogP contribution in [0.1, 0.15) is 233 Å². The Labute approximate surface area is 301 Å². The molecule has 0 bridgehead atoms. The van der Waals surface area contributed by atoms with E-state index in [0.29, 0.717) is 0 Å². The SMILES string of the molecule is CCCCCCCCCC[N](CCCCCCCCCC)[Nd+][N](CCCCCCCCCC)CCCCCCCCCC.[F-]. The fraction of sp³-hybridized carbons (Fsp3) is 1.00. The van der Waals surface area contributed by atoms with Crippen molar-refractivity contribution in [2.45, 2.75) is 233 Å². The number of nitrogens with zero attached hydrogens (tertiary/aromatic N) is 2. The molecule has 0 saturated carbocycles. The zero-order valence-corrected chi connectivity index (χ0v) is 34.4. The van der Waals surface area contributed by atoms with Gasteiger partial charge >= 0.3 is 299 Å². The first kappa shape index (κ1) is 47.3. The van der Waals surface area contributed by atoms with Crippen LogP contribution in [0.5, 0.6) is 0 Å². The molecule has 0 spiro atoms. The van der Waals surface area contributed by atoms with Gasteiger partial charge in [0.1, 0.15) is 0 Å². The molecule has 0 aromatic heterocycles. The van der Waals surface area contributed by atoms with Crippen LogP contribution in [0.4, 0.5) is 0 Å². The van der Waals surface area contributed by atoms with Crippen molar-refractivity contribution in [3.63, 3.8) is 0 Å². The van der Waals surface area contributed by atoms with E-state index in [0.717, 1.165) is 0 Å². The van der Waals surface area contributed by atoms with Gasteiger partial charge in [0.05, 0.1) is 0 Å². The molecule has 0 saturated heterocycles. The second kappa shape index (κ2) is 42.2. The van der Waals surface area contributed by atoms with Gasteiger partial charge in [-0.15, -0.1) is 0 Å². The van der Waals surface area contributed by atoms with E-state index in [1.165, 1.54) is 232 Å². The number of halogens is 1. The average molecular weight is 756 g/mol. The van der Waals surface area contributed by atoms with E-state index in [1.54, 1.807) is 0 Å². The summed E-state index contributed by atoms with van der Waals surface area (Å²) in [4.78, 5) is 0. The Bertz CT molecular complexity index is 410. The molecule has 265 valence electrons. The van der Waals surface area contributed by atoms with Gasteiger partial charge in [0.25, 0.3) is 0 Å². The molecule has 0 fully saturated rings. The summed E-state index contributed by atoms with van der Waals surface area (Å²) < 4.78 is 6.15. The summed E-state index contributed by atoms with van der Waals surface area (Å²) in [7, 11) is 0. The summed E-state index contributed by atoms with van der Waals surface area (Å²) >= 11 is -0.910. The Hall–Kier alpha value is 1.20. The second-order valence-corrected chi connectivity index (χ2v) is 18.7. The third-order valence-electron chi connectivity index (χ3n) is 9.41. The average Bonchev–Trinajstić information content (AvgIpc) is 3.01. The van der Waals surface area contributed by atoms with Crippen LogP contribution in [0, 0.1) is 37.5 Å². The molecule has 0 aromatic carbocycles. The molecule has 0 aliphatic carbocycles. The zero-order chi connectivity index (χ0) is 31.3. The van der Waals surface area contributed by atoms with Crippen LogP contribution in [0.3, 0.4) is 0 Å². The van der Waals surface area contributed by atoms with Gasteiger partial charge in [-0.05, 0) is 0 Å². The van der Waals surface area contributed by atoms with Crippen LogP contribution in [0.2, 0.25) is 0 Å². The normalized spacial score (nSPS) is 11.4. The summed E-state index contributed by atoms with van der Waals surface area (Å²) in [6, 6.07) is 0. The maximum Gasteiger partial charge on any atom is -1.00 e. The van der Waals surface area contributed by atoms with Gasteiger partial charge in [-0.1, -0.05) is 0 Å². The maximum atomic E-state index is 3.07. The minimum Gasteiger partial charge on any atom is -1.00 e. The smallest absolute Gasteiger partial charge is 1.00 e. The molecule has 0 aromatic rings. The number of hydrogen-bond acceptors (Lipinski definition) is 2. The Morgan fingerprint density at radius 1 is 0.250 bits per heavy atom. The van der Waals surface area contributed by atoms with Crippen molar-refractivity contribution in [3.05, 3.63) is 0 Å². The van der Waals surface area contributed by atoms with E-state index in [2.05, 4.69) is 29.7 Å². The van der Waals surface area contributed by atoms with E-state index >= 15 is 0 Å². The first-order valence-corrected chi connectivity index (χ1v) is 23.4. The van der Waals surface area contributed by atoms with Crippen LogP contribution in [0.15, 0.2) is 0 Å². The van der Waals surface area contributed by atoms with Gasteiger partial charge in [0.2, 0.25) is 0 Å². The van der Waals surface area contributed by atoms with Crippen LogP contribution >= 0.6 is 0 Å². The molecule has 4 heteroatoms. The minimum absolute atomic E-state index is 0. The van der Waals surface area contributed by atoms with Crippen molar-refractivity contribution in [1.82, 2.24) is 1.97 Å². The first-order chi connectivity index (χ1) is 21.3. The number of hydrogen-bond donors (Lipinski definition) is 0. The van der Waals surface area contributed by atoms with Crippen molar-refractivity contribution in [3.8, 4) is 0 Å². The molecule has 0 N–H and O–H groups in total. The summed E-state index contributed by atoms with van der Waals surface area (Å²) in [5, 5.41) is 0. The number of rotatable bonds is 38. The minimum atomic E-state index is -0.910. The van der Waals surface area contributed by atoms with Crippen LogP contribution in [-0.2, 0) is 0 Å². The largest absolute Gasteiger partial charge is 1.00 e. The van der Waals surface area contributed by atoms with Gasteiger partial charge in [-0.2, -0.15) is 0 Å². The predicted octanol–water partition coefficient (Wildman–Crippen LogP) is 11.1. The molecule has 0 amide bonds. The Morgan fingerprint density at radius 3 is 0.591 bits per heavy atom. The molecule has 44 heavy (non-hydrogen) atoms. The van der Waals surface area contributed by atoms with E-state index in [9.17, 15) is 0 Å². The van der Waals surface area contributed by atoms with E-state index in [-0.39, 0.29) is 4.70 Å².